The lowest BCUT2D eigenvalue weighted by Gasteiger charge is -2.39. The lowest BCUT2D eigenvalue weighted by molar-refractivity contribution is -0.245. The fraction of sp³-hybridized carbons (Fsp3) is 0.455. The number of aromatic nitrogens is 1. The Hall–Kier alpha value is -3.60. The molecule has 1 aromatic carbocycles. The molecule has 1 aliphatic rings. The third-order valence-corrected chi connectivity index (χ3v) is 4.90. The van der Waals surface area contributed by atoms with Crippen molar-refractivity contribution in [3.8, 4) is 11.5 Å². The van der Waals surface area contributed by atoms with Gasteiger partial charge in [0.15, 0.2) is 6.10 Å². The quantitative estimate of drug-likeness (QED) is 0.499. The number of esters is 3. The van der Waals surface area contributed by atoms with Gasteiger partial charge in [-0.15, -0.1) is 0 Å². The molecule has 1 saturated heterocycles. The van der Waals surface area contributed by atoms with Crippen molar-refractivity contribution < 1.29 is 48.0 Å². The van der Waals surface area contributed by atoms with Crippen LogP contribution in [-0.2, 0) is 33.3 Å². The first-order chi connectivity index (χ1) is 15.5. The normalized spacial score (nSPS) is 22.4. The minimum atomic E-state index is -1.03. The summed E-state index contributed by atoms with van der Waals surface area (Å²) in [6.07, 6.45) is -2.55. The molecule has 2 aromatic rings. The first-order valence-corrected chi connectivity index (χ1v) is 10.2. The van der Waals surface area contributed by atoms with Gasteiger partial charge in [-0.2, -0.15) is 0 Å². The molecule has 11 nitrogen and oxygen atoms in total. The molecule has 2 heterocycles. The number of nitrogens with zero attached hydrogens (tertiary/aromatic N) is 1. The third-order valence-electron chi connectivity index (χ3n) is 4.90. The van der Waals surface area contributed by atoms with Crippen molar-refractivity contribution in [1.82, 2.24) is 4.57 Å². The van der Waals surface area contributed by atoms with Gasteiger partial charge in [0.25, 0.3) is 0 Å². The largest absolute Gasteiger partial charge is 0.508 e. The summed E-state index contributed by atoms with van der Waals surface area (Å²) in [6, 6.07) is 4.45. The zero-order valence-electron chi connectivity index (χ0n) is 18.6. The zero-order valence-corrected chi connectivity index (χ0v) is 18.6. The van der Waals surface area contributed by atoms with Gasteiger partial charge in [0.2, 0.25) is 12.2 Å². The molecule has 4 atom stereocenters. The molecule has 0 bridgehead atoms. The van der Waals surface area contributed by atoms with Gasteiger partial charge in [-0.3, -0.25) is 23.7 Å². The van der Waals surface area contributed by atoms with Gasteiger partial charge in [0.1, 0.15) is 30.3 Å². The molecule has 1 fully saturated rings. The molecule has 33 heavy (non-hydrogen) atoms. The van der Waals surface area contributed by atoms with E-state index in [1.54, 1.807) is 6.07 Å². The molecule has 0 spiro atoms. The van der Waals surface area contributed by atoms with Crippen molar-refractivity contribution in [1.29, 1.82) is 0 Å². The summed E-state index contributed by atoms with van der Waals surface area (Å²) in [5, 5.41) is 10.4. The number of aromatic hydroxyl groups is 1. The number of hydrogen-bond donors (Lipinski definition) is 1. The van der Waals surface area contributed by atoms with E-state index in [0.717, 1.165) is 0 Å². The molecular weight excluding hydrogens is 438 g/mol. The van der Waals surface area contributed by atoms with Crippen LogP contribution in [0.5, 0.6) is 11.5 Å². The second kappa shape index (κ2) is 9.90. The summed E-state index contributed by atoms with van der Waals surface area (Å²) in [4.78, 5) is 46.7. The van der Waals surface area contributed by atoms with Gasteiger partial charge in [-0.25, -0.2) is 0 Å². The first-order valence-electron chi connectivity index (χ1n) is 10.2. The van der Waals surface area contributed by atoms with Crippen LogP contribution in [0.25, 0.3) is 10.9 Å². The van der Waals surface area contributed by atoms with E-state index >= 15 is 0 Å². The lowest BCUT2D eigenvalue weighted by Crippen LogP contribution is -2.54. The molecule has 3 rings (SSSR count). The van der Waals surface area contributed by atoms with Crippen molar-refractivity contribution in [2.45, 2.75) is 58.7 Å². The summed E-state index contributed by atoms with van der Waals surface area (Å²) < 4.78 is 28.9. The fourth-order valence-electron chi connectivity index (χ4n) is 3.66. The van der Waals surface area contributed by atoms with Gasteiger partial charge in [0.05, 0.1) is 18.1 Å². The highest BCUT2D eigenvalue weighted by Gasteiger charge is 2.44. The van der Waals surface area contributed by atoms with Crippen molar-refractivity contribution >= 4 is 34.7 Å². The van der Waals surface area contributed by atoms with Crippen LogP contribution in [0, 0.1) is 0 Å². The Kier molecular flexibility index (Phi) is 7.22. The van der Waals surface area contributed by atoms with Crippen molar-refractivity contribution in [3.05, 3.63) is 24.4 Å². The lowest BCUT2D eigenvalue weighted by atomic mass is 10.0. The van der Waals surface area contributed by atoms with E-state index in [1.807, 2.05) is 0 Å². The minimum absolute atomic E-state index is 0.0142. The van der Waals surface area contributed by atoms with Crippen LogP contribution in [0.15, 0.2) is 24.4 Å². The second-order valence-corrected chi connectivity index (χ2v) is 7.57. The average Bonchev–Trinajstić information content (AvgIpc) is 3.05. The van der Waals surface area contributed by atoms with E-state index in [1.165, 1.54) is 50.6 Å². The SMILES string of the molecule is CC(=O)OC[C@H]1OC(Oc2cn(C(C)=O)c3ccc(O)cc23)CC(OC(C)=O)[C@H]1OC(C)=O. The molecule has 0 radical (unpaired) electrons. The number of ether oxygens (including phenoxy) is 5. The third kappa shape index (κ3) is 5.80. The van der Waals surface area contributed by atoms with Gasteiger partial charge in [-0.05, 0) is 18.2 Å². The number of carbonyl (C=O) groups excluding carboxylic acids is 4. The second-order valence-electron chi connectivity index (χ2n) is 7.57. The topological polar surface area (TPSA) is 140 Å². The summed E-state index contributed by atoms with van der Waals surface area (Å²) in [5.74, 6) is -1.88. The highest BCUT2D eigenvalue weighted by atomic mass is 16.7. The fourth-order valence-corrected chi connectivity index (χ4v) is 3.66. The maximum atomic E-state index is 12.0. The van der Waals surface area contributed by atoms with Crippen LogP contribution in [0.3, 0.4) is 0 Å². The predicted molar refractivity (Wildman–Crippen MR) is 112 cm³/mol. The Labute approximate surface area is 189 Å². The van der Waals surface area contributed by atoms with E-state index in [4.69, 9.17) is 23.7 Å². The Morgan fingerprint density at radius 3 is 2.36 bits per heavy atom. The number of phenols is 1. The number of phenolic OH excluding ortho intramolecular Hbond substituents is 1. The van der Waals surface area contributed by atoms with Gasteiger partial charge < -0.3 is 28.8 Å². The molecule has 178 valence electrons. The van der Waals surface area contributed by atoms with Crippen molar-refractivity contribution in [2.24, 2.45) is 0 Å². The number of rotatable bonds is 6. The number of carbonyl (C=O) groups is 4. The highest BCUT2D eigenvalue weighted by Crippen LogP contribution is 2.34. The maximum absolute atomic E-state index is 12.0. The standard InChI is InChI=1S/C22H25NO10/c1-11(24)23-9-19(16-7-15(28)5-6-17(16)23)32-21-8-18(30-13(3)26)22(31-14(4)27)20(33-21)10-29-12(2)25/h5-7,9,18,20-22,28H,8,10H2,1-4H3/t18?,20-,21?,22-/m1/s1. The maximum Gasteiger partial charge on any atom is 0.303 e. The van der Waals surface area contributed by atoms with Gasteiger partial charge in [0, 0.05) is 33.1 Å². The summed E-state index contributed by atoms with van der Waals surface area (Å²) >= 11 is 0. The molecular formula is C22H25NO10. The van der Waals surface area contributed by atoms with Gasteiger partial charge >= 0.3 is 17.9 Å². The molecule has 1 aliphatic heterocycles. The van der Waals surface area contributed by atoms with Crippen molar-refractivity contribution in [3.63, 3.8) is 0 Å². The highest BCUT2D eigenvalue weighted by molar-refractivity contribution is 5.96. The zero-order chi connectivity index (χ0) is 24.3. The molecule has 0 amide bonds. The smallest absolute Gasteiger partial charge is 0.303 e. The minimum Gasteiger partial charge on any atom is -0.508 e. The van der Waals surface area contributed by atoms with E-state index < -0.39 is 42.5 Å². The van der Waals surface area contributed by atoms with Crippen LogP contribution in [0.4, 0.5) is 0 Å². The average molecular weight is 463 g/mol. The molecule has 0 aliphatic carbocycles. The summed E-state index contributed by atoms with van der Waals surface area (Å²) in [5.41, 5.74) is 0.511. The van der Waals surface area contributed by atoms with Crippen LogP contribution in [0.1, 0.15) is 38.9 Å². The van der Waals surface area contributed by atoms with E-state index in [9.17, 15) is 24.3 Å². The molecule has 1 N–H and O–H groups in total. The monoisotopic (exact) mass is 463 g/mol. The molecule has 11 heteroatoms. The van der Waals surface area contributed by atoms with Crippen LogP contribution in [0.2, 0.25) is 0 Å². The Morgan fingerprint density at radius 2 is 1.76 bits per heavy atom. The number of benzene rings is 1. The van der Waals surface area contributed by atoms with E-state index in [0.29, 0.717) is 10.9 Å². The Bertz CT molecular complexity index is 1070. The van der Waals surface area contributed by atoms with Gasteiger partial charge in [-0.1, -0.05) is 0 Å². The molecule has 0 saturated carbocycles. The predicted octanol–water partition coefficient (Wildman–Crippen LogP) is 1.93. The van der Waals surface area contributed by atoms with Crippen LogP contribution in [-0.4, -0.2) is 64.7 Å². The molecule has 1 aromatic heterocycles. The Morgan fingerprint density at radius 1 is 1.06 bits per heavy atom. The molecule has 2 unspecified atom stereocenters. The van der Waals surface area contributed by atoms with Crippen LogP contribution < -0.4 is 4.74 Å². The summed E-state index contributed by atoms with van der Waals surface area (Å²) in [7, 11) is 0. The number of fused-ring (bicyclic) bond motifs is 1. The number of hydrogen-bond acceptors (Lipinski definition) is 10. The van der Waals surface area contributed by atoms with Crippen LogP contribution >= 0.6 is 0 Å². The first kappa shape index (κ1) is 24.1. The van der Waals surface area contributed by atoms with E-state index in [2.05, 4.69) is 0 Å². The van der Waals surface area contributed by atoms with E-state index in [-0.39, 0.29) is 30.4 Å². The Balaban J connectivity index is 1.93. The van der Waals surface area contributed by atoms with Crippen molar-refractivity contribution in [2.75, 3.05) is 6.61 Å². The summed E-state index contributed by atoms with van der Waals surface area (Å²) in [6.45, 7) is 4.72.